The molecule has 0 amide bonds. The lowest BCUT2D eigenvalue weighted by Gasteiger charge is -2.30. The maximum Gasteiger partial charge on any atom is 0.402 e. The first-order valence-electron chi connectivity index (χ1n) is 5.08. The lowest BCUT2D eigenvalue weighted by atomic mass is 9.97. The van der Waals surface area contributed by atoms with E-state index >= 15 is 0 Å². The summed E-state index contributed by atoms with van der Waals surface area (Å²) in [6.45, 7) is 1.48. The third-order valence-electron chi connectivity index (χ3n) is 2.31. The molecule has 0 aliphatic rings. The van der Waals surface area contributed by atoms with Gasteiger partial charge in [0.25, 0.3) is 0 Å². The number of thiophene rings is 1. The highest BCUT2D eigenvalue weighted by Crippen LogP contribution is 2.47. The minimum Gasteiger partial charge on any atom is -0.309 e. The highest BCUT2D eigenvalue weighted by Gasteiger charge is 2.60. The molecule has 1 nitrogen and oxygen atoms in total. The molecule has 0 bridgehead atoms. The van der Waals surface area contributed by atoms with Crippen LogP contribution >= 0.6 is 11.3 Å². The van der Waals surface area contributed by atoms with E-state index in [4.69, 9.17) is 0 Å². The summed E-state index contributed by atoms with van der Waals surface area (Å²) in [6.07, 6.45) is -10.7. The number of hydrogen-bond acceptors (Lipinski definition) is 2. The largest absolute Gasteiger partial charge is 0.402 e. The SMILES string of the molecule is CCNC(c1cccs1)C(C(F)(F)F)C(F)(F)F. The van der Waals surface area contributed by atoms with Crippen molar-refractivity contribution in [2.24, 2.45) is 5.92 Å². The smallest absolute Gasteiger partial charge is 0.309 e. The molecule has 0 saturated heterocycles. The molecule has 1 aromatic heterocycles. The van der Waals surface area contributed by atoms with Crippen molar-refractivity contribution in [3.05, 3.63) is 22.4 Å². The molecule has 0 aliphatic carbocycles. The van der Waals surface area contributed by atoms with E-state index in [9.17, 15) is 26.3 Å². The fourth-order valence-corrected chi connectivity index (χ4v) is 2.47. The van der Waals surface area contributed by atoms with Gasteiger partial charge in [0.05, 0.1) is 6.04 Å². The van der Waals surface area contributed by atoms with Crippen LogP contribution in [0, 0.1) is 5.92 Å². The number of halogens is 6. The molecule has 1 unspecified atom stereocenters. The zero-order chi connectivity index (χ0) is 14.0. The van der Waals surface area contributed by atoms with Crippen molar-refractivity contribution in [3.63, 3.8) is 0 Å². The molecule has 0 aromatic carbocycles. The molecule has 18 heavy (non-hydrogen) atoms. The van der Waals surface area contributed by atoms with E-state index in [1.807, 2.05) is 0 Å². The number of nitrogens with one attached hydrogen (secondary N) is 1. The Labute approximate surface area is 104 Å². The van der Waals surface area contributed by atoms with Gasteiger partial charge in [-0.25, -0.2) is 0 Å². The molecule has 1 aromatic rings. The van der Waals surface area contributed by atoms with Gasteiger partial charge in [0.15, 0.2) is 5.92 Å². The third-order valence-corrected chi connectivity index (χ3v) is 3.27. The Morgan fingerprint density at radius 1 is 1.17 bits per heavy atom. The second kappa shape index (κ2) is 5.48. The van der Waals surface area contributed by atoms with Crippen molar-refractivity contribution < 1.29 is 26.3 Å². The number of rotatable bonds is 4. The average Bonchev–Trinajstić information content (AvgIpc) is 2.64. The fourth-order valence-electron chi connectivity index (χ4n) is 1.63. The molecule has 1 atom stereocenters. The minimum absolute atomic E-state index is 0.0191. The van der Waals surface area contributed by atoms with Gasteiger partial charge < -0.3 is 5.32 Å². The van der Waals surface area contributed by atoms with E-state index in [-0.39, 0.29) is 11.4 Å². The summed E-state index contributed by atoms with van der Waals surface area (Å²) < 4.78 is 75.8. The van der Waals surface area contributed by atoms with Crippen molar-refractivity contribution in [2.75, 3.05) is 6.54 Å². The van der Waals surface area contributed by atoms with E-state index in [0.29, 0.717) is 0 Å². The Morgan fingerprint density at radius 2 is 1.72 bits per heavy atom. The number of hydrogen-bond donors (Lipinski definition) is 1. The van der Waals surface area contributed by atoms with Crippen LogP contribution in [0.2, 0.25) is 0 Å². The van der Waals surface area contributed by atoms with E-state index in [1.54, 1.807) is 0 Å². The van der Waals surface area contributed by atoms with Crippen LogP contribution in [0.15, 0.2) is 17.5 Å². The van der Waals surface area contributed by atoms with Gasteiger partial charge in [0, 0.05) is 4.88 Å². The molecule has 1 N–H and O–H groups in total. The van der Waals surface area contributed by atoms with Crippen molar-refractivity contribution in [3.8, 4) is 0 Å². The van der Waals surface area contributed by atoms with Crippen molar-refractivity contribution >= 4 is 11.3 Å². The standard InChI is InChI=1S/C10H11F6NS/c1-2-17-7(6-4-3-5-18-6)8(9(11,12)13)10(14,15)16/h3-5,7-8,17H,2H2,1H3. The Morgan fingerprint density at radius 3 is 2.06 bits per heavy atom. The van der Waals surface area contributed by atoms with Crippen LogP contribution < -0.4 is 5.32 Å². The topological polar surface area (TPSA) is 12.0 Å². The van der Waals surface area contributed by atoms with E-state index in [0.717, 1.165) is 11.3 Å². The molecule has 0 aliphatic heterocycles. The monoisotopic (exact) mass is 291 g/mol. The summed E-state index contributed by atoms with van der Waals surface area (Å²) in [6, 6.07) is 0.895. The quantitative estimate of drug-likeness (QED) is 0.822. The van der Waals surface area contributed by atoms with Crippen LogP contribution in [-0.2, 0) is 0 Å². The minimum atomic E-state index is -5.34. The predicted molar refractivity (Wildman–Crippen MR) is 56.3 cm³/mol. The van der Waals surface area contributed by atoms with E-state index in [1.165, 1.54) is 24.4 Å². The third kappa shape index (κ3) is 3.61. The van der Waals surface area contributed by atoms with Gasteiger partial charge in [0.1, 0.15) is 0 Å². The summed E-state index contributed by atoms with van der Waals surface area (Å²) in [7, 11) is 0. The first-order valence-corrected chi connectivity index (χ1v) is 5.96. The van der Waals surface area contributed by atoms with Crippen molar-refractivity contribution in [2.45, 2.75) is 25.3 Å². The first kappa shape index (κ1) is 15.3. The summed E-state index contributed by atoms with van der Waals surface area (Å²) in [5.41, 5.74) is 0. The summed E-state index contributed by atoms with van der Waals surface area (Å²) in [4.78, 5) is 0.0245. The second-order valence-corrected chi connectivity index (χ2v) is 4.59. The van der Waals surface area contributed by atoms with Gasteiger partial charge in [0.2, 0.25) is 0 Å². The van der Waals surface area contributed by atoms with Crippen LogP contribution in [-0.4, -0.2) is 18.9 Å². The maximum absolute atomic E-state index is 12.6. The zero-order valence-corrected chi connectivity index (χ0v) is 10.1. The predicted octanol–water partition coefficient (Wildman–Crippen LogP) is 4.14. The van der Waals surface area contributed by atoms with Crippen molar-refractivity contribution in [1.82, 2.24) is 5.32 Å². The number of alkyl halides is 6. The summed E-state index contributed by atoms with van der Waals surface area (Å²) in [5, 5.41) is 3.72. The Kier molecular flexibility index (Phi) is 4.66. The molecule has 0 spiro atoms. The van der Waals surface area contributed by atoms with E-state index in [2.05, 4.69) is 5.32 Å². The van der Waals surface area contributed by atoms with Crippen LogP contribution in [0.1, 0.15) is 17.8 Å². The lowest BCUT2D eigenvalue weighted by molar-refractivity contribution is -0.292. The Bertz CT molecular complexity index is 341. The Hall–Kier alpha value is -0.760. The van der Waals surface area contributed by atoms with Crippen LogP contribution in [0.5, 0.6) is 0 Å². The highest BCUT2D eigenvalue weighted by atomic mass is 32.1. The van der Waals surface area contributed by atoms with Crippen LogP contribution in [0.25, 0.3) is 0 Å². The van der Waals surface area contributed by atoms with Crippen molar-refractivity contribution in [1.29, 1.82) is 0 Å². The molecular weight excluding hydrogens is 280 g/mol. The molecule has 0 fully saturated rings. The van der Waals surface area contributed by atoms with Gasteiger partial charge in [-0.2, -0.15) is 26.3 Å². The van der Waals surface area contributed by atoms with Gasteiger partial charge in [-0.05, 0) is 18.0 Å². The molecule has 104 valence electrons. The molecule has 1 rings (SSSR count). The second-order valence-electron chi connectivity index (χ2n) is 3.61. The summed E-state index contributed by atoms with van der Waals surface area (Å²) in [5.74, 6) is -3.40. The molecule has 0 saturated carbocycles. The van der Waals surface area contributed by atoms with Crippen LogP contribution in [0.4, 0.5) is 26.3 Å². The van der Waals surface area contributed by atoms with Gasteiger partial charge in [-0.3, -0.25) is 0 Å². The van der Waals surface area contributed by atoms with Crippen LogP contribution in [0.3, 0.4) is 0 Å². The maximum atomic E-state index is 12.6. The summed E-state index contributed by atoms with van der Waals surface area (Å²) >= 11 is 0.869. The fraction of sp³-hybridized carbons (Fsp3) is 0.600. The van der Waals surface area contributed by atoms with Gasteiger partial charge >= 0.3 is 12.4 Å². The first-order chi connectivity index (χ1) is 8.18. The average molecular weight is 291 g/mol. The van der Waals surface area contributed by atoms with E-state index < -0.39 is 24.3 Å². The molecular formula is C10H11F6NS. The van der Waals surface area contributed by atoms with Gasteiger partial charge in [-0.15, -0.1) is 11.3 Å². The lowest BCUT2D eigenvalue weighted by Crippen LogP contribution is -2.45. The molecule has 1 heterocycles. The molecule has 8 heteroatoms. The zero-order valence-electron chi connectivity index (χ0n) is 9.27. The normalized spacial score (nSPS) is 15.1. The highest BCUT2D eigenvalue weighted by molar-refractivity contribution is 7.10. The van der Waals surface area contributed by atoms with Gasteiger partial charge in [-0.1, -0.05) is 13.0 Å². The molecule has 0 radical (unpaired) electrons. The Balaban J connectivity index is 3.15.